The second-order valence-electron chi connectivity index (χ2n) is 8.19. The van der Waals surface area contributed by atoms with E-state index < -0.39 is 0 Å². The van der Waals surface area contributed by atoms with Crippen LogP contribution < -0.4 is 10.2 Å². The van der Waals surface area contributed by atoms with Gasteiger partial charge in [0.2, 0.25) is 0 Å². The van der Waals surface area contributed by atoms with Crippen molar-refractivity contribution in [1.82, 2.24) is 25.3 Å². The Kier molecular flexibility index (Phi) is 6.31. The molecule has 0 radical (unpaired) electrons. The predicted octanol–water partition coefficient (Wildman–Crippen LogP) is 3.61. The zero-order chi connectivity index (χ0) is 23.3. The summed E-state index contributed by atoms with van der Waals surface area (Å²) in [5, 5.41) is 2.93. The van der Waals surface area contributed by atoms with Crippen molar-refractivity contribution in [3.63, 3.8) is 0 Å². The molecule has 172 valence electrons. The van der Waals surface area contributed by atoms with Gasteiger partial charge in [0.1, 0.15) is 11.4 Å². The van der Waals surface area contributed by atoms with Crippen LogP contribution >= 0.6 is 0 Å². The lowest BCUT2D eigenvalue weighted by Crippen LogP contribution is -2.36. The van der Waals surface area contributed by atoms with Gasteiger partial charge in [-0.15, -0.1) is 0 Å². The van der Waals surface area contributed by atoms with Gasteiger partial charge in [-0.25, -0.2) is 4.98 Å². The van der Waals surface area contributed by atoms with Gasteiger partial charge in [0.15, 0.2) is 5.82 Å². The SMILES string of the molecule is Cc1[nH]c(-c2cc(-c3cncc(N4CCOCC4)c3)ccn2)nc1C(=O)NCc1ccccc1. The van der Waals surface area contributed by atoms with Gasteiger partial charge < -0.3 is 19.9 Å². The van der Waals surface area contributed by atoms with Gasteiger partial charge in [0, 0.05) is 43.3 Å². The molecule has 0 spiro atoms. The average Bonchev–Trinajstić information content (AvgIpc) is 3.30. The number of hydrogen-bond acceptors (Lipinski definition) is 6. The Morgan fingerprint density at radius 2 is 1.91 bits per heavy atom. The van der Waals surface area contributed by atoms with Crippen LogP contribution in [0, 0.1) is 6.92 Å². The van der Waals surface area contributed by atoms with E-state index in [9.17, 15) is 4.79 Å². The minimum atomic E-state index is -0.220. The third kappa shape index (κ3) is 4.82. The van der Waals surface area contributed by atoms with E-state index in [1.807, 2.05) is 61.8 Å². The van der Waals surface area contributed by atoms with Crippen LogP contribution in [0.3, 0.4) is 0 Å². The lowest BCUT2D eigenvalue weighted by Gasteiger charge is -2.28. The van der Waals surface area contributed by atoms with E-state index in [1.54, 1.807) is 6.20 Å². The lowest BCUT2D eigenvalue weighted by molar-refractivity contribution is 0.0946. The molecule has 2 N–H and O–H groups in total. The Morgan fingerprint density at radius 1 is 1.09 bits per heavy atom. The first kappa shape index (κ1) is 21.8. The molecule has 4 aromatic rings. The molecule has 0 saturated carbocycles. The third-order valence-electron chi connectivity index (χ3n) is 5.83. The van der Waals surface area contributed by atoms with Gasteiger partial charge in [-0.2, -0.15) is 0 Å². The highest BCUT2D eigenvalue weighted by Gasteiger charge is 2.17. The summed E-state index contributed by atoms with van der Waals surface area (Å²) in [4.78, 5) is 31.7. The van der Waals surface area contributed by atoms with Crippen LogP contribution in [0.5, 0.6) is 0 Å². The number of morpholine rings is 1. The molecule has 3 aromatic heterocycles. The van der Waals surface area contributed by atoms with Gasteiger partial charge in [-0.1, -0.05) is 30.3 Å². The fourth-order valence-corrected chi connectivity index (χ4v) is 3.98. The molecule has 5 rings (SSSR count). The number of nitrogens with one attached hydrogen (secondary N) is 2. The van der Waals surface area contributed by atoms with Crippen molar-refractivity contribution < 1.29 is 9.53 Å². The van der Waals surface area contributed by atoms with Crippen molar-refractivity contribution in [3.05, 3.63) is 84.1 Å². The summed E-state index contributed by atoms with van der Waals surface area (Å²) < 4.78 is 5.46. The number of anilines is 1. The van der Waals surface area contributed by atoms with Crippen molar-refractivity contribution in [2.45, 2.75) is 13.5 Å². The molecule has 0 aliphatic carbocycles. The van der Waals surface area contributed by atoms with E-state index in [4.69, 9.17) is 4.74 Å². The van der Waals surface area contributed by atoms with Crippen LogP contribution in [0.15, 0.2) is 67.1 Å². The number of benzene rings is 1. The molecule has 1 aliphatic heterocycles. The van der Waals surface area contributed by atoms with Crippen LogP contribution in [0.1, 0.15) is 21.7 Å². The second kappa shape index (κ2) is 9.84. The van der Waals surface area contributed by atoms with Gasteiger partial charge >= 0.3 is 0 Å². The van der Waals surface area contributed by atoms with Gasteiger partial charge in [-0.05, 0) is 36.2 Å². The highest BCUT2D eigenvalue weighted by atomic mass is 16.5. The Labute approximate surface area is 198 Å². The summed E-state index contributed by atoms with van der Waals surface area (Å²) >= 11 is 0. The molecule has 0 atom stereocenters. The Bertz CT molecular complexity index is 1280. The van der Waals surface area contributed by atoms with E-state index in [1.165, 1.54) is 0 Å². The van der Waals surface area contributed by atoms with E-state index in [2.05, 4.69) is 36.2 Å². The maximum Gasteiger partial charge on any atom is 0.272 e. The highest BCUT2D eigenvalue weighted by Crippen LogP contribution is 2.27. The number of ether oxygens (including phenoxy) is 1. The van der Waals surface area contributed by atoms with Crippen molar-refractivity contribution in [2.75, 3.05) is 31.2 Å². The van der Waals surface area contributed by atoms with Gasteiger partial charge in [0.05, 0.1) is 25.1 Å². The van der Waals surface area contributed by atoms with Crippen LogP contribution in [0.4, 0.5) is 5.69 Å². The quantitative estimate of drug-likeness (QED) is 0.462. The summed E-state index contributed by atoms with van der Waals surface area (Å²) in [6, 6.07) is 15.8. The number of aryl methyl sites for hydroxylation is 1. The molecule has 8 heteroatoms. The molecule has 34 heavy (non-hydrogen) atoms. The number of amides is 1. The fourth-order valence-electron chi connectivity index (χ4n) is 3.98. The smallest absolute Gasteiger partial charge is 0.272 e. The highest BCUT2D eigenvalue weighted by molar-refractivity contribution is 5.94. The van der Waals surface area contributed by atoms with Crippen LogP contribution in [-0.4, -0.2) is 52.1 Å². The number of H-pyrrole nitrogens is 1. The summed E-state index contributed by atoms with van der Waals surface area (Å²) in [7, 11) is 0. The van der Waals surface area contributed by atoms with Crippen molar-refractivity contribution in [3.8, 4) is 22.6 Å². The molecule has 0 unspecified atom stereocenters. The van der Waals surface area contributed by atoms with E-state index in [-0.39, 0.29) is 5.91 Å². The molecule has 4 heterocycles. The Morgan fingerprint density at radius 3 is 2.74 bits per heavy atom. The number of imidazole rings is 1. The number of rotatable bonds is 6. The zero-order valence-electron chi connectivity index (χ0n) is 19.0. The minimum absolute atomic E-state index is 0.220. The second-order valence-corrected chi connectivity index (χ2v) is 8.19. The minimum Gasteiger partial charge on any atom is -0.378 e. The topological polar surface area (TPSA) is 96.0 Å². The van der Waals surface area contributed by atoms with E-state index >= 15 is 0 Å². The lowest BCUT2D eigenvalue weighted by atomic mass is 10.1. The molecule has 0 bridgehead atoms. The average molecular weight is 455 g/mol. The zero-order valence-corrected chi connectivity index (χ0v) is 19.0. The van der Waals surface area contributed by atoms with Crippen molar-refractivity contribution in [2.24, 2.45) is 0 Å². The molecular weight excluding hydrogens is 428 g/mol. The van der Waals surface area contributed by atoms with Crippen LogP contribution in [-0.2, 0) is 11.3 Å². The number of carbonyl (C=O) groups is 1. The molecule has 1 amide bonds. The van der Waals surface area contributed by atoms with Crippen LogP contribution in [0.25, 0.3) is 22.6 Å². The molecule has 8 nitrogen and oxygen atoms in total. The Hall–Kier alpha value is -4.04. The molecule has 1 fully saturated rings. The van der Waals surface area contributed by atoms with Crippen LogP contribution in [0.2, 0.25) is 0 Å². The maximum atomic E-state index is 12.7. The van der Waals surface area contributed by atoms with Crippen molar-refractivity contribution >= 4 is 11.6 Å². The standard InChI is InChI=1S/C26H26N6O2/c1-18-24(26(33)29-15-19-5-3-2-4-6-19)31-25(30-18)23-14-20(7-8-28-23)21-13-22(17-27-16-21)32-9-11-34-12-10-32/h2-8,13-14,16-17H,9-12,15H2,1H3,(H,29,33)(H,30,31). The molecule has 1 saturated heterocycles. The summed E-state index contributed by atoms with van der Waals surface area (Å²) in [6.07, 6.45) is 5.48. The first-order valence-electron chi connectivity index (χ1n) is 11.3. The monoisotopic (exact) mass is 454 g/mol. The van der Waals surface area contributed by atoms with E-state index in [0.717, 1.165) is 48.7 Å². The molecule has 1 aliphatic rings. The Balaban J connectivity index is 1.35. The number of aromatic nitrogens is 4. The number of pyridine rings is 2. The van der Waals surface area contributed by atoms with E-state index in [0.29, 0.717) is 29.5 Å². The third-order valence-corrected chi connectivity index (χ3v) is 5.83. The summed E-state index contributed by atoms with van der Waals surface area (Å²) in [6.45, 7) is 5.45. The molecular formula is C26H26N6O2. The van der Waals surface area contributed by atoms with Gasteiger partial charge in [0.25, 0.3) is 5.91 Å². The first-order chi connectivity index (χ1) is 16.7. The predicted molar refractivity (Wildman–Crippen MR) is 130 cm³/mol. The number of hydrogen-bond donors (Lipinski definition) is 2. The largest absolute Gasteiger partial charge is 0.378 e. The fraction of sp³-hybridized carbons (Fsp3) is 0.231. The van der Waals surface area contributed by atoms with Gasteiger partial charge in [-0.3, -0.25) is 14.8 Å². The van der Waals surface area contributed by atoms with Crippen molar-refractivity contribution in [1.29, 1.82) is 0 Å². The maximum absolute atomic E-state index is 12.7. The number of aromatic amines is 1. The number of nitrogens with zero attached hydrogens (tertiary/aromatic N) is 4. The summed E-state index contributed by atoms with van der Waals surface area (Å²) in [5.41, 5.74) is 5.82. The number of carbonyl (C=O) groups excluding carboxylic acids is 1. The normalized spacial score (nSPS) is 13.6. The first-order valence-corrected chi connectivity index (χ1v) is 11.3. The summed E-state index contributed by atoms with van der Waals surface area (Å²) in [5.74, 6) is 0.337. The molecule has 1 aromatic carbocycles.